The maximum absolute atomic E-state index is 12.6. The number of nitrogens with zero attached hydrogens (tertiary/aromatic N) is 5. The second kappa shape index (κ2) is 6.01. The Morgan fingerprint density at radius 3 is 3.12 bits per heavy atom. The number of nitrogens with one attached hydrogen (secondary N) is 1. The number of likely N-dealkylation sites (tertiary alicyclic amines) is 1. The van der Waals surface area contributed by atoms with E-state index in [1.54, 1.807) is 6.20 Å². The summed E-state index contributed by atoms with van der Waals surface area (Å²) in [5, 5.41) is 15.4. The third-order valence-electron chi connectivity index (χ3n) is 5.21. The first kappa shape index (κ1) is 15.3. The zero-order valence-corrected chi connectivity index (χ0v) is 14.0. The van der Waals surface area contributed by atoms with Crippen molar-refractivity contribution in [3.63, 3.8) is 0 Å². The molecule has 24 heavy (non-hydrogen) atoms. The van der Waals surface area contributed by atoms with Gasteiger partial charge in [0.2, 0.25) is 5.91 Å². The van der Waals surface area contributed by atoms with Crippen LogP contribution in [0.2, 0.25) is 0 Å². The molecular formula is C16H22N6O2. The first-order valence-corrected chi connectivity index (χ1v) is 8.42. The lowest BCUT2D eigenvalue weighted by molar-refractivity contribution is -0.138. The molecule has 4 heterocycles. The average molecular weight is 330 g/mol. The van der Waals surface area contributed by atoms with E-state index in [1.165, 1.54) is 0 Å². The number of ether oxygens (including phenoxy) is 1. The zero-order valence-electron chi connectivity index (χ0n) is 14.0. The van der Waals surface area contributed by atoms with E-state index < -0.39 is 0 Å². The fourth-order valence-corrected chi connectivity index (χ4v) is 3.57. The molecule has 1 N–H and O–H groups in total. The molecule has 0 aliphatic carbocycles. The van der Waals surface area contributed by atoms with E-state index in [4.69, 9.17) is 4.74 Å². The molecule has 2 aliphatic heterocycles. The van der Waals surface area contributed by atoms with Crippen molar-refractivity contribution < 1.29 is 9.53 Å². The van der Waals surface area contributed by atoms with Crippen LogP contribution in [0.1, 0.15) is 41.5 Å². The predicted octanol–water partition coefficient (Wildman–Crippen LogP) is 0.923. The number of aryl methyl sites for hydroxylation is 2. The van der Waals surface area contributed by atoms with Crippen LogP contribution in [0.25, 0.3) is 0 Å². The number of aromatic nitrogens is 5. The van der Waals surface area contributed by atoms with Crippen LogP contribution in [-0.4, -0.2) is 55.2 Å². The molecule has 8 heteroatoms. The maximum Gasteiger partial charge on any atom is 0.223 e. The van der Waals surface area contributed by atoms with Gasteiger partial charge in [-0.25, -0.2) is 4.68 Å². The molecule has 4 rings (SSSR count). The van der Waals surface area contributed by atoms with E-state index in [0.717, 1.165) is 35.6 Å². The van der Waals surface area contributed by atoms with Crippen molar-refractivity contribution in [2.75, 3.05) is 13.1 Å². The molecule has 2 unspecified atom stereocenters. The number of carbonyl (C=O) groups is 1. The van der Waals surface area contributed by atoms with Gasteiger partial charge < -0.3 is 9.64 Å². The number of hydrogen-bond donors (Lipinski definition) is 1. The molecule has 0 bridgehead atoms. The van der Waals surface area contributed by atoms with E-state index >= 15 is 0 Å². The van der Waals surface area contributed by atoms with Crippen LogP contribution in [0.4, 0.5) is 0 Å². The van der Waals surface area contributed by atoms with Gasteiger partial charge in [0.15, 0.2) is 0 Å². The molecule has 0 aromatic carbocycles. The van der Waals surface area contributed by atoms with Crippen LogP contribution in [0.15, 0.2) is 6.20 Å². The predicted molar refractivity (Wildman–Crippen MR) is 85.2 cm³/mol. The molecule has 0 saturated carbocycles. The van der Waals surface area contributed by atoms with Crippen molar-refractivity contribution in [3.8, 4) is 0 Å². The van der Waals surface area contributed by atoms with Gasteiger partial charge in [0.05, 0.1) is 36.3 Å². The Hall–Kier alpha value is -2.22. The first-order valence-electron chi connectivity index (χ1n) is 8.42. The highest BCUT2D eigenvalue weighted by Gasteiger charge is 2.37. The van der Waals surface area contributed by atoms with Gasteiger partial charge in [0.25, 0.3) is 0 Å². The normalized spacial score (nSPS) is 23.0. The Bertz CT molecular complexity index is 752. The molecule has 1 fully saturated rings. The van der Waals surface area contributed by atoms with Crippen LogP contribution in [0, 0.1) is 13.8 Å². The maximum atomic E-state index is 12.6. The van der Waals surface area contributed by atoms with Gasteiger partial charge in [0, 0.05) is 31.6 Å². The third kappa shape index (κ3) is 2.60. The van der Waals surface area contributed by atoms with Crippen molar-refractivity contribution in [1.29, 1.82) is 0 Å². The molecule has 2 aromatic rings. The van der Waals surface area contributed by atoms with E-state index in [0.29, 0.717) is 26.0 Å². The number of carbonyl (C=O) groups excluding carboxylic acids is 1. The van der Waals surface area contributed by atoms with Gasteiger partial charge in [-0.1, -0.05) is 5.21 Å². The smallest absolute Gasteiger partial charge is 0.223 e. The van der Waals surface area contributed by atoms with Crippen LogP contribution in [-0.2, 0) is 22.6 Å². The minimum Gasteiger partial charge on any atom is -0.370 e. The van der Waals surface area contributed by atoms with Crippen LogP contribution in [0.5, 0.6) is 0 Å². The average Bonchev–Trinajstić information content (AvgIpc) is 3.20. The SMILES string of the molecule is Cc1[nH]nc(CCC(=O)N2CCC3OCc4cnnn4C3C2)c1C. The van der Waals surface area contributed by atoms with Crippen molar-refractivity contribution in [3.05, 3.63) is 28.8 Å². The Kier molecular flexibility index (Phi) is 3.84. The number of fused-ring (bicyclic) bond motifs is 3. The van der Waals surface area contributed by atoms with E-state index in [2.05, 4.69) is 20.5 Å². The van der Waals surface area contributed by atoms with E-state index in [9.17, 15) is 4.79 Å². The molecule has 1 amide bonds. The van der Waals surface area contributed by atoms with Crippen LogP contribution < -0.4 is 0 Å². The minimum atomic E-state index is 0.0725. The fraction of sp³-hybridized carbons (Fsp3) is 0.625. The molecule has 128 valence electrons. The lowest BCUT2D eigenvalue weighted by Crippen LogP contribution is -2.49. The van der Waals surface area contributed by atoms with Gasteiger partial charge in [0.1, 0.15) is 0 Å². The third-order valence-corrected chi connectivity index (χ3v) is 5.21. The van der Waals surface area contributed by atoms with Gasteiger partial charge in [-0.2, -0.15) is 5.10 Å². The number of rotatable bonds is 3. The monoisotopic (exact) mass is 330 g/mol. The highest BCUT2D eigenvalue weighted by Crippen LogP contribution is 2.30. The van der Waals surface area contributed by atoms with E-state index in [1.807, 2.05) is 23.4 Å². The largest absolute Gasteiger partial charge is 0.370 e. The summed E-state index contributed by atoms with van der Waals surface area (Å²) in [7, 11) is 0. The molecule has 1 saturated heterocycles. The number of amides is 1. The van der Waals surface area contributed by atoms with Crippen molar-refractivity contribution >= 4 is 5.91 Å². The summed E-state index contributed by atoms with van der Waals surface area (Å²) in [5.41, 5.74) is 4.18. The van der Waals surface area contributed by atoms with Gasteiger partial charge in [-0.15, -0.1) is 5.10 Å². The van der Waals surface area contributed by atoms with Gasteiger partial charge >= 0.3 is 0 Å². The minimum absolute atomic E-state index is 0.0725. The number of aromatic amines is 1. The molecule has 2 aromatic heterocycles. The highest BCUT2D eigenvalue weighted by molar-refractivity contribution is 5.76. The van der Waals surface area contributed by atoms with Crippen LogP contribution >= 0.6 is 0 Å². The summed E-state index contributed by atoms with van der Waals surface area (Å²) < 4.78 is 7.82. The molecule has 2 atom stereocenters. The quantitative estimate of drug-likeness (QED) is 0.904. The lowest BCUT2D eigenvalue weighted by atomic mass is 9.99. The Morgan fingerprint density at radius 2 is 2.33 bits per heavy atom. The van der Waals surface area contributed by atoms with Crippen molar-refractivity contribution in [1.82, 2.24) is 30.1 Å². The van der Waals surface area contributed by atoms with Crippen molar-refractivity contribution in [2.45, 2.75) is 51.9 Å². The summed E-state index contributed by atoms with van der Waals surface area (Å²) in [6.07, 6.45) is 3.85. The fourth-order valence-electron chi connectivity index (χ4n) is 3.57. The highest BCUT2D eigenvalue weighted by atomic mass is 16.5. The lowest BCUT2D eigenvalue weighted by Gasteiger charge is -2.41. The summed E-state index contributed by atoms with van der Waals surface area (Å²) in [5.74, 6) is 0.167. The van der Waals surface area contributed by atoms with E-state index in [-0.39, 0.29) is 18.1 Å². The van der Waals surface area contributed by atoms with Crippen LogP contribution in [0.3, 0.4) is 0 Å². The zero-order chi connectivity index (χ0) is 16.7. The second-order valence-corrected chi connectivity index (χ2v) is 6.64. The standard InChI is InChI=1S/C16H22N6O2/c1-10-11(2)18-19-13(10)3-4-16(23)21-6-5-15-14(8-21)22-12(9-24-15)7-17-20-22/h7,14-15H,3-6,8-9H2,1-2H3,(H,18,19). The topological polar surface area (TPSA) is 88.9 Å². The first-order chi connectivity index (χ1) is 11.6. The number of H-pyrrole nitrogens is 1. The van der Waals surface area contributed by atoms with Crippen molar-refractivity contribution in [2.24, 2.45) is 0 Å². The summed E-state index contributed by atoms with van der Waals surface area (Å²) >= 11 is 0. The number of hydrogen-bond acceptors (Lipinski definition) is 5. The molecule has 8 nitrogen and oxygen atoms in total. The Labute approximate surface area is 140 Å². The number of piperidine rings is 1. The molecule has 0 radical (unpaired) electrons. The van der Waals surface area contributed by atoms with Gasteiger partial charge in [-0.3, -0.25) is 9.89 Å². The Balaban J connectivity index is 1.41. The second-order valence-electron chi connectivity index (χ2n) is 6.64. The Morgan fingerprint density at radius 1 is 1.46 bits per heavy atom. The van der Waals surface area contributed by atoms with Gasteiger partial charge in [-0.05, 0) is 25.8 Å². The molecular weight excluding hydrogens is 308 g/mol. The molecule has 2 aliphatic rings. The summed E-state index contributed by atoms with van der Waals surface area (Å²) in [6.45, 7) is 5.97. The molecule has 0 spiro atoms. The summed E-state index contributed by atoms with van der Waals surface area (Å²) in [4.78, 5) is 14.5. The summed E-state index contributed by atoms with van der Waals surface area (Å²) in [6, 6.07) is 0.0725.